The summed E-state index contributed by atoms with van der Waals surface area (Å²) in [5.41, 5.74) is 7.59. The number of pyridine rings is 3. The molecule has 358 valence electrons. The van der Waals surface area contributed by atoms with Crippen molar-refractivity contribution in [1.29, 1.82) is 0 Å². The molecule has 63 heavy (non-hydrogen) atoms. The largest absolute Gasteiger partial charge is 0.493 e. The lowest BCUT2D eigenvalue weighted by atomic mass is 10.1. The summed E-state index contributed by atoms with van der Waals surface area (Å²) in [6.07, 6.45) is 5.00. The number of hydrogen-bond acceptors (Lipinski definition) is 18. The fourth-order valence-electron chi connectivity index (χ4n) is 4.89. The van der Waals surface area contributed by atoms with Crippen molar-refractivity contribution in [2.24, 2.45) is 5.73 Å². The maximum absolute atomic E-state index is 11.9. The molecule has 18 nitrogen and oxygen atoms in total. The highest BCUT2D eigenvalue weighted by molar-refractivity contribution is 8.76. The van der Waals surface area contributed by atoms with Crippen molar-refractivity contribution in [2.75, 3.05) is 45.7 Å². The first-order chi connectivity index (χ1) is 29.5. The fraction of sp³-hybridized carbons (Fsp3) is 0.595. The average molecular weight is 950 g/mol. The van der Waals surface area contributed by atoms with E-state index in [2.05, 4.69) is 39.4 Å². The van der Waals surface area contributed by atoms with Gasteiger partial charge in [0.2, 0.25) is 5.91 Å². The minimum absolute atomic E-state index is 0. The first-order valence-corrected chi connectivity index (χ1v) is 22.8. The molecule has 0 spiro atoms. The Kier molecular flexibility index (Phi) is 31.8. The van der Waals surface area contributed by atoms with Gasteiger partial charge in [-0.2, -0.15) is 0 Å². The minimum Gasteiger partial charge on any atom is -0.493 e. The molecule has 0 unspecified atom stereocenters. The first-order valence-electron chi connectivity index (χ1n) is 20.2. The molecule has 3 heterocycles. The summed E-state index contributed by atoms with van der Waals surface area (Å²) in [6.45, 7) is 11.4. The Hall–Kier alpha value is -3.70. The number of rotatable bonds is 25. The van der Waals surface area contributed by atoms with Crippen LogP contribution in [0.2, 0.25) is 0 Å². The van der Waals surface area contributed by atoms with E-state index in [0.29, 0.717) is 110 Å². The maximum Gasteiger partial charge on any atom is 0.407 e. The molecule has 3 aromatic heterocycles. The van der Waals surface area contributed by atoms with E-state index in [0.717, 1.165) is 12.8 Å². The molecule has 3 aromatic rings. The summed E-state index contributed by atoms with van der Waals surface area (Å²) in [5.74, 6) is 1.75. The van der Waals surface area contributed by atoms with Crippen LogP contribution in [-0.4, -0.2) is 114 Å². The third-order valence-electron chi connectivity index (χ3n) is 7.74. The maximum atomic E-state index is 11.9. The molecule has 10 N–H and O–H groups in total. The highest BCUT2D eigenvalue weighted by atomic mass is 35.5. The van der Waals surface area contributed by atoms with Gasteiger partial charge in [-0.25, -0.2) is 4.79 Å². The lowest BCUT2D eigenvalue weighted by Gasteiger charge is -2.21. The van der Waals surface area contributed by atoms with Crippen LogP contribution in [0.4, 0.5) is 4.79 Å². The van der Waals surface area contributed by atoms with Gasteiger partial charge in [0.25, 0.3) is 0 Å². The molecule has 0 fully saturated rings. The Morgan fingerprint density at radius 2 is 0.968 bits per heavy atom. The van der Waals surface area contributed by atoms with Gasteiger partial charge in [0, 0.05) is 60.7 Å². The van der Waals surface area contributed by atoms with Gasteiger partial charge in [-0.1, -0.05) is 21.6 Å². The van der Waals surface area contributed by atoms with Gasteiger partial charge in [0.1, 0.15) is 22.8 Å². The van der Waals surface area contributed by atoms with Crippen molar-refractivity contribution < 1.29 is 59.2 Å². The Labute approximate surface area is 385 Å². The molecule has 3 rings (SSSR count). The highest BCUT2D eigenvalue weighted by Crippen LogP contribution is 2.36. The van der Waals surface area contributed by atoms with E-state index in [4.69, 9.17) is 55.3 Å². The number of amides is 2. The number of aliphatic hydroxyl groups is 6. The van der Waals surface area contributed by atoms with Crippen molar-refractivity contribution >= 4 is 46.0 Å². The van der Waals surface area contributed by atoms with Gasteiger partial charge in [-0.05, 0) is 73.1 Å². The van der Waals surface area contributed by atoms with E-state index in [1.807, 2.05) is 6.26 Å². The van der Waals surface area contributed by atoms with Crippen LogP contribution in [0.5, 0.6) is 17.2 Å². The molecule has 0 aliphatic heterocycles. The summed E-state index contributed by atoms with van der Waals surface area (Å²) in [5, 5.41) is 59.9. The second kappa shape index (κ2) is 33.8. The summed E-state index contributed by atoms with van der Waals surface area (Å²) < 4.78 is 21.7. The van der Waals surface area contributed by atoms with E-state index in [9.17, 15) is 9.59 Å². The van der Waals surface area contributed by atoms with Crippen LogP contribution in [0, 0.1) is 0 Å². The van der Waals surface area contributed by atoms with Crippen LogP contribution in [0.25, 0.3) is 0 Å². The first kappa shape index (κ1) is 59.3. The van der Waals surface area contributed by atoms with Crippen molar-refractivity contribution in [1.82, 2.24) is 25.6 Å². The average Bonchev–Trinajstić information content (AvgIpc) is 3.24. The Morgan fingerprint density at radius 3 is 1.29 bits per heavy atom. The van der Waals surface area contributed by atoms with E-state index < -0.39 is 11.7 Å². The highest BCUT2D eigenvalue weighted by Gasteiger charge is 2.19. The van der Waals surface area contributed by atoms with Crippen LogP contribution in [0.3, 0.4) is 0 Å². The van der Waals surface area contributed by atoms with E-state index in [1.54, 1.807) is 78.8 Å². The number of hydrogen-bond donors (Lipinski definition) is 9. The standard InChI is InChI=1S/C17H28N2O4S2.C15H24N2O5.C10H16N2O3.ClH/c1-17(2,25-24-3)6-5-16(22)18-7-4-8-23-15-9-13(11-20)19-14(10-15)12-21;1-15(2,3)22-14(20)16-5-4-6-21-13-7-11(9-18)17-12(8-13)10-19;11-2-1-3-15-10-4-8(6-13)12-9(5-10)7-14;/h9-10,20-21H,4-8,11-12H2,1-3H3,(H,18,22);7-8,18-19H,4-6,9-10H2,1-3H3,(H,16,20);4-5,13-14H,1-3,6-7,11H2;1H. The number of nitrogens with zero attached hydrogens (tertiary/aromatic N) is 3. The Bertz CT molecular complexity index is 1660. The lowest BCUT2D eigenvalue weighted by molar-refractivity contribution is -0.121. The normalized spacial score (nSPS) is 10.9. The number of nitrogens with one attached hydrogen (secondary N) is 2. The lowest BCUT2D eigenvalue weighted by Crippen LogP contribution is -2.33. The molecule has 0 saturated carbocycles. The molecule has 0 atom stereocenters. The van der Waals surface area contributed by atoms with Gasteiger partial charge in [0.15, 0.2) is 0 Å². The van der Waals surface area contributed by atoms with Crippen LogP contribution in [-0.2, 0) is 49.2 Å². The zero-order valence-electron chi connectivity index (χ0n) is 37.3. The molecular weight excluding hydrogens is 880 g/mol. The van der Waals surface area contributed by atoms with Gasteiger partial charge < -0.3 is 66.0 Å². The zero-order valence-corrected chi connectivity index (χ0v) is 39.7. The van der Waals surface area contributed by atoms with Crippen LogP contribution in [0.15, 0.2) is 36.4 Å². The summed E-state index contributed by atoms with van der Waals surface area (Å²) in [7, 11) is 3.51. The predicted molar refractivity (Wildman–Crippen MR) is 247 cm³/mol. The Morgan fingerprint density at radius 1 is 0.619 bits per heavy atom. The molecule has 0 aliphatic rings. The number of aliphatic hydroxyl groups excluding tert-OH is 6. The summed E-state index contributed by atoms with van der Waals surface area (Å²) in [4.78, 5) is 35.3. The van der Waals surface area contributed by atoms with Crippen LogP contribution >= 0.6 is 34.0 Å². The zero-order chi connectivity index (χ0) is 46.4. The smallest absolute Gasteiger partial charge is 0.407 e. The third kappa shape index (κ3) is 28.7. The molecule has 0 saturated heterocycles. The van der Waals surface area contributed by atoms with Crippen LogP contribution < -0.4 is 30.6 Å². The third-order valence-corrected chi connectivity index (χ3v) is 10.4. The Balaban J connectivity index is 0.000000934. The second-order valence-corrected chi connectivity index (χ2v) is 18.1. The van der Waals surface area contributed by atoms with Gasteiger partial charge in [-0.3, -0.25) is 19.7 Å². The molecule has 21 heteroatoms. The molecular formula is C42H69ClN6O12S2. The summed E-state index contributed by atoms with van der Waals surface area (Å²) >= 11 is 0. The van der Waals surface area contributed by atoms with E-state index in [1.165, 1.54) is 0 Å². The fourth-order valence-corrected chi connectivity index (χ4v) is 7.13. The minimum atomic E-state index is -0.515. The number of ether oxygens (including phenoxy) is 4. The molecule has 0 aromatic carbocycles. The number of halogens is 1. The number of aromatic nitrogens is 3. The summed E-state index contributed by atoms with van der Waals surface area (Å²) in [6, 6.07) is 9.80. The van der Waals surface area contributed by atoms with Gasteiger partial charge in [-0.15, -0.1) is 12.4 Å². The van der Waals surface area contributed by atoms with E-state index >= 15 is 0 Å². The van der Waals surface area contributed by atoms with Gasteiger partial charge in [0.05, 0.1) is 93.6 Å². The van der Waals surface area contributed by atoms with E-state index in [-0.39, 0.29) is 62.7 Å². The van der Waals surface area contributed by atoms with Gasteiger partial charge >= 0.3 is 6.09 Å². The predicted octanol–water partition coefficient (Wildman–Crippen LogP) is 4.10. The van der Waals surface area contributed by atoms with Crippen molar-refractivity contribution in [3.05, 3.63) is 70.6 Å². The SMILES string of the molecule is CC(C)(C)OC(=O)NCCCOc1cc(CO)nc(CO)c1.CSSC(C)(C)CCC(=O)NCCCOc1cc(CO)nc(CO)c1.Cl.NCCCOc1cc(CO)nc(CO)c1. The topological polar surface area (TPSA) is 281 Å². The number of alkyl carbamates (subject to hydrolysis) is 1. The number of carbonyl (C=O) groups is 2. The molecule has 0 radical (unpaired) electrons. The van der Waals surface area contributed by atoms with Crippen LogP contribution in [0.1, 0.15) is 101 Å². The molecule has 0 aliphatic carbocycles. The van der Waals surface area contributed by atoms with Crippen molar-refractivity contribution in [2.45, 2.75) is 117 Å². The monoisotopic (exact) mass is 948 g/mol. The number of nitrogens with two attached hydrogens (primary N) is 1. The second-order valence-electron chi connectivity index (χ2n) is 15.0. The molecule has 0 bridgehead atoms. The quantitative estimate of drug-likeness (QED) is 0.0427. The molecule has 2 amide bonds. The van der Waals surface area contributed by atoms with Crippen molar-refractivity contribution in [3.63, 3.8) is 0 Å². The number of carbonyl (C=O) groups excluding carboxylic acids is 2. The van der Waals surface area contributed by atoms with Crippen molar-refractivity contribution in [3.8, 4) is 17.2 Å².